The van der Waals surface area contributed by atoms with Crippen LogP contribution in [0.5, 0.6) is 0 Å². The molecule has 0 aliphatic carbocycles. The molecule has 1 aliphatic heterocycles. The van der Waals surface area contributed by atoms with Crippen molar-refractivity contribution in [1.29, 1.82) is 0 Å². The van der Waals surface area contributed by atoms with E-state index in [0.717, 1.165) is 43.6 Å². The van der Waals surface area contributed by atoms with Crippen LogP contribution in [0.1, 0.15) is 23.4 Å². The molecule has 26 heavy (non-hydrogen) atoms. The van der Waals surface area contributed by atoms with E-state index in [4.69, 9.17) is 0 Å². The third kappa shape index (κ3) is 5.06. The van der Waals surface area contributed by atoms with E-state index in [1.807, 2.05) is 25.1 Å². The van der Waals surface area contributed by atoms with Gasteiger partial charge in [-0.15, -0.1) is 0 Å². The molecule has 6 heteroatoms. The first-order valence-electron chi connectivity index (χ1n) is 8.98. The Labute approximate surface area is 153 Å². The van der Waals surface area contributed by atoms with Crippen molar-refractivity contribution >= 4 is 0 Å². The second-order valence-corrected chi connectivity index (χ2v) is 6.92. The van der Waals surface area contributed by atoms with E-state index in [9.17, 15) is 13.9 Å². The minimum absolute atomic E-state index is 0.116. The van der Waals surface area contributed by atoms with Crippen molar-refractivity contribution in [1.82, 2.24) is 14.8 Å². The maximum absolute atomic E-state index is 13.4. The highest BCUT2D eigenvalue weighted by molar-refractivity contribution is 5.18. The Hall–Kier alpha value is -1.89. The summed E-state index contributed by atoms with van der Waals surface area (Å²) in [7, 11) is 0. The normalized spacial score (nSPS) is 19.0. The molecule has 0 bridgehead atoms. The van der Waals surface area contributed by atoms with Gasteiger partial charge < -0.3 is 5.11 Å². The molecule has 140 valence electrons. The smallest absolute Gasteiger partial charge is 0.126 e. The minimum atomic E-state index is -0.545. The van der Waals surface area contributed by atoms with E-state index in [0.29, 0.717) is 18.5 Å². The zero-order valence-corrected chi connectivity index (χ0v) is 15.0. The number of pyridine rings is 1. The Morgan fingerprint density at radius 2 is 1.88 bits per heavy atom. The summed E-state index contributed by atoms with van der Waals surface area (Å²) in [5, 5.41) is 9.44. The number of halogens is 2. The van der Waals surface area contributed by atoms with Crippen LogP contribution in [0.25, 0.3) is 0 Å². The zero-order chi connectivity index (χ0) is 18.5. The van der Waals surface area contributed by atoms with Crippen LogP contribution in [-0.2, 0) is 13.1 Å². The highest BCUT2D eigenvalue weighted by atomic mass is 19.1. The largest absolute Gasteiger partial charge is 0.396 e. The first-order valence-corrected chi connectivity index (χ1v) is 8.98. The second-order valence-electron chi connectivity index (χ2n) is 6.92. The van der Waals surface area contributed by atoms with Crippen molar-refractivity contribution in [2.75, 3.05) is 26.2 Å². The highest BCUT2D eigenvalue weighted by Crippen LogP contribution is 2.19. The van der Waals surface area contributed by atoms with Gasteiger partial charge in [0.25, 0.3) is 0 Å². The molecule has 2 heterocycles. The summed E-state index contributed by atoms with van der Waals surface area (Å²) in [6, 6.07) is 9.85. The Kier molecular flexibility index (Phi) is 6.29. The Balaban J connectivity index is 1.65. The Morgan fingerprint density at radius 3 is 2.58 bits per heavy atom. The quantitative estimate of drug-likeness (QED) is 0.859. The predicted octanol–water partition coefficient (Wildman–Crippen LogP) is 2.74. The van der Waals surface area contributed by atoms with Crippen LogP contribution >= 0.6 is 0 Å². The maximum Gasteiger partial charge on any atom is 0.126 e. The van der Waals surface area contributed by atoms with Gasteiger partial charge in [-0.25, -0.2) is 8.78 Å². The zero-order valence-electron chi connectivity index (χ0n) is 15.0. The number of aliphatic hydroxyl groups excluding tert-OH is 1. The van der Waals surface area contributed by atoms with Crippen LogP contribution in [0, 0.1) is 18.6 Å². The number of piperazine rings is 1. The molecule has 2 aromatic rings. The van der Waals surface area contributed by atoms with E-state index in [1.165, 1.54) is 12.1 Å². The molecule has 0 radical (unpaired) electrons. The lowest BCUT2D eigenvalue weighted by Gasteiger charge is -2.41. The lowest BCUT2D eigenvalue weighted by atomic mass is 10.1. The van der Waals surface area contributed by atoms with Crippen molar-refractivity contribution in [3.05, 3.63) is 65.0 Å². The SMILES string of the molecule is Cc1cccc(CN2CCN(Cc3cc(F)cc(F)c3)C[C@@H]2CCO)n1. The molecule has 4 nitrogen and oxygen atoms in total. The Morgan fingerprint density at radius 1 is 1.12 bits per heavy atom. The number of aliphatic hydroxyl groups is 1. The lowest BCUT2D eigenvalue weighted by Crippen LogP contribution is -2.52. The van der Waals surface area contributed by atoms with Crippen molar-refractivity contribution in [3.8, 4) is 0 Å². The number of nitrogens with zero attached hydrogens (tertiary/aromatic N) is 3. The molecule has 1 atom stereocenters. The van der Waals surface area contributed by atoms with E-state index in [2.05, 4.69) is 14.8 Å². The van der Waals surface area contributed by atoms with Crippen LogP contribution in [-0.4, -0.2) is 52.2 Å². The first-order chi connectivity index (χ1) is 12.5. The average Bonchev–Trinajstić information content (AvgIpc) is 2.56. The molecule has 1 fully saturated rings. The van der Waals surface area contributed by atoms with Gasteiger partial charge in [-0.3, -0.25) is 14.8 Å². The van der Waals surface area contributed by atoms with Crippen molar-refractivity contribution in [2.24, 2.45) is 0 Å². The maximum atomic E-state index is 13.4. The van der Waals surface area contributed by atoms with Crippen molar-refractivity contribution < 1.29 is 13.9 Å². The number of aryl methyl sites for hydroxylation is 1. The van der Waals surface area contributed by atoms with Crippen LogP contribution in [0.15, 0.2) is 36.4 Å². The monoisotopic (exact) mass is 361 g/mol. The van der Waals surface area contributed by atoms with Gasteiger partial charge in [-0.05, 0) is 43.2 Å². The van der Waals surface area contributed by atoms with Crippen LogP contribution < -0.4 is 0 Å². The number of hydrogen-bond acceptors (Lipinski definition) is 4. The van der Waals surface area contributed by atoms with Gasteiger partial charge in [0.05, 0.1) is 5.69 Å². The molecule has 1 aromatic heterocycles. The molecule has 1 aliphatic rings. The summed E-state index contributed by atoms with van der Waals surface area (Å²) >= 11 is 0. The van der Waals surface area contributed by atoms with Crippen molar-refractivity contribution in [3.63, 3.8) is 0 Å². The first kappa shape index (κ1) is 18.9. The van der Waals surface area contributed by atoms with Gasteiger partial charge in [-0.2, -0.15) is 0 Å². The number of aromatic nitrogens is 1. The molecule has 0 spiro atoms. The summed E-state index contributed by atoms with van der Waals surface area (Å²) in [5.74, 6) is -1.09. The van der Waals surface area contributed by atoms with Crippen LogP contribution in [0.4, 0.5) is 8.78 Å². The second kappa shape index (κ2) is 8.66. The molecule has 1 saturated heterocycles. The Bertz CT molecular complexity index is 720. The summed E-state index contributed by atoms with van der Waals surface area (Å²) in [6.07, 6.45) is 0.666. The topological polar surface area (TPSA) is 39.6 Å². The van der Waals surface area contributed by atoms with Gasteiger partial charge in [-0.1, -0.05) is 6.07 Å². The van der Waals surface area contributed by atoms with E-state index >= 15 is 0 Å². The minimum Gasteiger partial charge on any atom is -0.396 e. The van der Waals surface area contributed by atoms with Gasteiger partial charge in [0.15, 0.2) is 0 Å². The third-order valence-electron chi connectivity index (χ3n) is 4.79. The van der Waals surface area contributed by atoms with E-state index < -0.39 is 11.6 Å². The lowest BCUT2D eigenvalue weighted by molar-refractivity contribution is 0.0490. The standard InChI is InChI=1S/C20H25F2N3O/c1-15-3-2-4-19(23-15)13-25-7-6-24(14-20(25)5-8-26)12-16-9-17(21)11-18(22)10-16/h2-4,9-11,20,26H,5-8,12-14H2,1H3/t20-/m0/s1. The number of hydrogen-bond donors (Lipinski definition) is 1. The molecule has 0 unspecified atom stereocenters. The molecule has 1 N–H and O–H groups in total. The van der Waals surface area contributed by atoms with Crippen LogP contribution in [0.2, 0.25) is 0 Å². The van der Waals surface area contributed by atoms with E-state index in [1.54, 1.807) is 0 Å². The van der Waals surface area contributed by atoms with Gasteiger partial charge >= 0.3 is 0 Å². The van der Waals surface area contributed by atoms with Gasteiger partial charge in [0.2, 0.25) is 0 Å². The van der Waals surface area contributed by atoms with Crippen molar-refractivity contribution in [2.45, 2.75) is 32.5 Å². The molecule has 3 rings (SSSR count). The molecule has 0 amide bonds. The fourth-order valence-electron chi connectivity index (χ4n) is 3.59. The molecular formula is C20H25F2N3O. The summed E-state index contributed by atoms with van der Waals surface area (Å²) in [5.41, 5.74) is 2.65. The molecule has 0 saturated carbocycles. The summed E-state index contributed by atoms with van der Waals surface area (Å²) < 4.78 is 26.8. The number of rotatable bonds is 6. The van der Waals surface area contributed by atoms with Crippen LogP contribution in [0.3, 0.4) is 0 Å². The third-order valence-corrected chi connectivity index (χ3v) is 4.79. The molecule has 1 aromatic carbocycles. The van der Waals surface area contributed by atoms with E-state index in [-0.39, 0.29) is 12.6 Å². The number of benzene rings is 1. The molecular weight excluding hydrogens is 336 g/mol. The average molecular weight is 361 g/mol. The summed E-state index contributed by atoms with van der Waals surface area (Å²) in [6.45, 7) is 5.74. The highest BCUT2D eigenvalue weighted by Gasteiger charge is 2.27. The summed E-state index contributed by atoms with van der Waals surface area (Å²) in [4.78, 5) is 9.09. The van der Waals surface area contributed by atoms with Gasteiger partial charge in [0, 0.05) is 57.1 Å². The van der Waals surface area contributed by atoms with Gasteiger partial charge in [0.1, 0.15) is 11.6 Å². The fourth-order valence-corrected chi connectivity index (χ4v) is 3.59. The fraction of sp³-hybridized carbons (Fsp3) is 0.450. The predicted molar refractivity (Wildman–Crippen MR) is 96.5 cm³/mol.